The lowest BCUT2D eigenvalue weighted by atomic mass is 10.2. The van der Waals surface area contributed by atoms with Gasteiger partial charge in [0, 0.05) is 5.71 Å². The van der Waals surface area contributed by atoms with E-state index in [2.05, 4.69) is 20.6 Å². The Morgan fingerprint density at radius 1 is 1.04 bits per heavy atom. The summed E-state index contributed by atoms with van der Waals surface area (Å²) in [5.41, 5.74) is 4.26. The maximum Gasteiger partial charge on any atom is 0.259 e. The van der Waals surface area contributed by atoms with Crippen LogP contribution in [0.2, 0.25) is 0 Å². The van der Waals surface area contributed by atoms with E-state index in [9.17, 15) is 18.0 Å². The topological polar surface area (TPSA) is 117 Å². The first-order chi connectivity index (χ1) is 11.9. The minimum atomic E-state index is -3.77. The Kier molecular flexibility index (Phi) is 6.65. The van der Waals surface area contributed by atoms with Crippen molar-refractivity contribution in [1.82, 2.24) is 15.5 Å². The van der Waals surface area contributed by atoms with E-state index in [1.54, 1.807) is 12.1 Å². The number of hydrazone groups is 1. The van der Waals surface area contributed by atoms with E-state index in [1.165, 1.54) is 12.1 Å². The van der Waals surface area contributed by atoms with Crippen LogP contribution in [0.25, 0.3) is 0 Å². The van der Waals surface area contributed by atoms with Crippen molar-refractivity contribution in [3.8, 4) is 0 Å². The van der Waals surface area contributed by atoms with Crippen molar-refractivity contribution >= 4 is 27.5 Å². The van der Waals surface area contributed by atoms with Gasteiger partial charge in [-0.1, -0.05) is 17.7 Å². The molecule has 0 bridgehead atoms. The highest BCUT2D eigenvalue weighted by Gasteiger charge is 2.15. The molecule has 1 fully saturated rings. The van der Waals surface area contributed by atoms with Gasteiger partial charge in [-0.25, -0.2) is 18.6 Å². The number of hydrogen-bond acceptors (Lipinski definition) is 5. The van der Waals surface area contributed by atoms with Crippen molar-refractivity contribution in [2.45, 2.75) is 37.5 Å². The molecule has 0 atom stereocenters. The summed E-state index contributed by atoms with van der Waals surface area (Å²) in [6, 6.07) is 6.27. The number of nitrogens with zero attached hydrogens (tertiary/aromatic N) is 1. The van der Waals surface area contributed by atoms with Gasteiger partial charge in [-0.3, -0.25) is 9.59 Å². The fraction of sp³-hybridized carbons (Fsp3) is 0.438. The molecule has 1 aromatic rings. The summed E-state index contributed by atoms with van der Waals surface area (Å²) in [4.78, 5) is 23.4. The highest BCUT2D eigenvalue weighted by atomic mass is 32.2. The Morgan fingerprint density at radius 2 is 1.68 bits per heavy atom. The first-order valence-electron chi connectivity index (χ1n) is 8.04. The monoisotopic (exact) mass is 366 g/mol. The molecular formula is C16H22N4O4S. The van der Waals surface area contributed by atoms with E-state index in [4.69, 9.17) is 0 Å². The van der Waals surface area contributed by atoms with Crippen LogP contribution in [-0.2, 0) is 19.6 Å². The molecule has 1 saturated carbocycles. The Bertz CT molecular complexity index is 749. The molecule has 1 aromatic carbocycles. The molecule has 1 aliphatic carbocycles. The molecule has 2 amide bonds. The molecule has 0 heterocycles. The van der Waals surface area contributed by atoms with Crippen LogP contribution in [0.3, 0.4) is 0 Å². The van der Waals surface area contributed by atoms with Gasteiger partial charge in [0.2, 0.25) is 15.9 Å². The maximum atomic E-state index is 12.0. The van der Waals surface area contributed by atoms with E-state index < -0.39 is 28.4 Å². The number of nitrogens with one attached hydrogen (secondary N) is 3. The highest BCUT2D eigenvalue weighted by Crippen LogP contribution is 2.13. The fourth-order valence-corrected chi connectivity index (χ4v) is 3.26. The first kappa shape index (κ1) is 19.1. The molecule has 0 aromatic heterocycles. The summed E-state index contributed by atoms with van der Waals surface area (Å²) in [5, 5.41) is 6.33. The maximum absolute atomic E-state index is 12.0. The zero-order valence-electron chi connectivity index (χ0n) is 14.0. The lowest BCUT2D eigenvalue weighted by Crippen LogP contribution is -2.41. The average molecular weight is 366 g/mol. The first-order valence-corrected chi connectivity index (χ1v) is 9.52. The van der Waals surface area contributed by atoms with Crippen molar-refractivity contribution < 1.29 is 18.0 Å². The molecule has 1 aliphatic rings. The number of amides is 2. The van der Waals surface area contributed by atoms with Crippen molar-refractivity contribution in [1.29, 1.82) is 0 Å². The SMILES string of the molecule is Cc1ccc(S(=O)(=O)NCC(=O)NCC(=O)NN=C2CCCC2)cc1. The van der Waals surface area contributed by atoms with Gasteiger partial charge in [-0.2, -0.15) is 5.10 Å². The molecule has 0 aliphatic heterocycles. The average Bonchev–Trinajstić information content (AvgIpc) is 3.10. The third kappa shape index (κ3) is 6.28. The summed E-state index contributed by atoms with van der Waals surface area (Å²) in [6.45, 7) is 1.14. The summed E-state index contributed by atoms with van der Waals surface area (Å²) in [6.07, 6.45) is 3.92. The summed E-state index contributed by atoms with van der Waals surface area (Å²) in [5.74, 6) is -1.05. The van der Waals surface area contributed by atoms with Crippen molar-refractivity contribution in [2.24, 2.45) is 5.10 Å². The number of carbonyl (C=O) groups is 2. The molecule has 3 N–H and O–H groups in total. The van der Waals surface area contributed by atoms with Crippen LogP contribution < -0.4 is 15.5 Å². The van der Waals surface area contributed by atoms with Crippen molar-refractivity contribution in [2.75, 3.05) is 13.1 Å². The Labute approximate surface area is 147 Å². The number of carbonyl (C=O) groups excluding carboxylic acids is 2. The van der Waals surface area contributed by atoms with Crippen molar-refractivity contribution in [3.05, 3.63) is 29.8 Å². The van der Waals surface area contributed by atoms with Crippen LogP contribution in [0.5, 0.6) is 0 Å². The second-order valence-electron chi connectivity index (χ2n) is 5.83. The third-order valence-electron chi connectivity index (χ3n) is 3.72. The van der Waals surface area contributed by atoms with E-state index in [0.717, 1.165) is 37.0 Å². The molecule has 136 valence electrons. The van der Waals surface area contributed by atoms with Crippen LogP contribution in [0.15, 0.2) is 34.3 Å². The molecule has 0 spiro atoms. The zero-order valence-corrected chi connectivity index (χ0v) is 14.9. The van der Waals surface area contributed by atoms with Crippen LogP contribution in [0.1, 0.15) is 31.2 Å². The quantitative estimate of drug-likeness (QED) is 0.607. The Hall–Kier alpha value is -2.26. The van der Waals surface area contributed by atoms with E-state index in [-0.39, 0.29) is 11.4 Å². The second-order valence-corrected chi connectivity index (χ2v) is 7.60. The van der Waals surface area contributed by atoms with Crippen LogP contribution in [0.4, 0.5) is 0 Å². The van der Waals surface area contributed by atoms with E-state index in [0.29, 0.717) is 0 Å². The second kappa shape index (κ2) is 8.72. The van der Waals surface area contributed by atoms with E-state index >= 15 is 0 Å². The van der Waals surface area contributed by atoms with Gasteiger partial charge in [0.05, 0.1) is 18.0 Å². The van der Waals surface area contributed by atoms with Crippen molar-refractivity contribution in [3.63, 3.8) is 0 Å². The number of benzene rings is 1. The smallest absolute Gasteiger partial charge is 0.259 e. The van der Waals surface area contributed by atoms with E-state index in [1.807, 2.05) is 6.92 Å². The van der Waals surface area contributed by atoms with Gasteiger partial charge in [0.15, 0.2) is 0 Å². The normalized spacial score (nSPS) is 14.2. The Balaban J connectivity index is 1.73. The molecule has 0 saturated heterocycles. The predicted octanol–water partition coefficient (Wildman–Crippen LogP) is 0.436. The summed E-state index contributed by atoms with van der Waals surface area (Å²) >= 11 is 0. The standard InChI is InChI=1S/C16H22N4O4S/c1-12-6-8-14(9-7-12)25(23,24)18-11-15(21)17-10-16(22)20-19-13-4-2-3-5-13/h6-9,18H,2-5,10-11H2,1H3,(H,17,21)(H,20,22). The van der Waals surface area contributed by atoms with Gasteiger partial charge < -0.3 is 5.32 Å². The van der Waals surface area contributed by atoms with Gasteiger partial charge in [0.25, 0.3) is 5.91 Å². The molecule has 8 nitrogen and oxygen atoms in total. The number of aryl methyl sites for hydroxylation is 1. The Morgan fingerprint density at radius 3 is 2.32 bits per heavy atom. The zero-order chi connectivity index (χ0) is 18.3. The fourth-order valence-electron chi connectivity index (χ4n) is 2.28. The van der Waals surface area contributed by atoms with Gasteiger partial charge >= 0.3 is 0 Å². The van der Waals surface area contributed by atoms with Crippen LogP contribution >= 0.6 is 0 Å². The minimum Gasteiger partial charge on any atom is -0.346 e. The third-order valence-corrected chi connectivity index (χ3v) is 5.14. The summed E-state index contributed by atoms with van der Waals surface area (Å²) in [7, 11) is -3.77. The molecule has 25 heavy (non-hydrogen) atoms. The molecule has 9 heteroatoms. The van der Waals surface area contributed by atoms with Gasteiger partial charge in [0.1, 0.15) is 0 Å². The number of sulfonamides is 1. The van der Waals surface area contributed by atoms with Crippen LogP contribution in [0, 0.1) is 6.92 Å². The number of hydrogen-bond donors (Lipinski definition) is 3. The predicted molar refractivity (Wildman–Crippen MR) is 93.4 cm³/mol. The van der Waals surface area contributed by atoms with Gasteiger partial charge in [-0.15, -0.1) is 0 Å². The molecule has 0 unspecified atom stereocenters. The van der Waals surface area contributed by atoms with Gasteiger partial charge in [-0.05, 0) is 44.7 Å². The number of rotatable bonds is 7. The molecule has 2 rings (SSSR count). The van der Waals surface area contributed by atoms with Crippen LogP contribution in [-0.4, -0.2) is 39.0 Å². The molecule has 0 radical (unpaired) electrons. The molecular weight excluding hydrogens is 344 g/mol. The largest absolute Gasteiger partial charge is 0.346 e. The highest BCUT2D eigenvalue weighted by molar-refractivity contribution is 7.89. The lowest BCUT2D eigenvalue weighted by Gasteiger charge is -2.08. The minimum absolute atomic E-state index is 0.0797. The lowest BCUT2D eigenvalue weighted by molar-refractivity contribution is -0.125. The summed E-state index contributed by atoms with van der Waals surface area (Å²) < 4.78 is 26.3.